The third-order valence-electron chi connectivity index (χ3n) is 4.11. The van der Waals surface area contributed by atoms with Crippen molar-refractivity contribution in [3.05, 3.63) is 57.0 Å². The molecule has 2 heterocycles. The molecule has 1 aromatic carbocycles. The molecule has 0 aliphatic carbocycles. The quantitative estimate of drug-likeness (QED) is 0.626. The van der Waals surface area contributed by atoms with Crippen LogP contribution in [-0.2, 0) is 11.2 Å². The molecule has 1 amide bonds. The first kappa shape index (κ1) is 18.1. The molecule has 0 unspecified atom stereocenters. The van der Waals surface area contributed by atoms with E-state index in [1.807, 2.05) is 44.2 Å². The molecule has 0 spiro atoms. The molecule has 6 nitrogen and oxygen atoms in total. The predicted molar refractivity (Wildman–Crippen MR) is 103 cm³/mol. The van der Waals surface area contributed by atoms with Gasteiger partial charge < -0.3 is 15.0 Å². The Kier molecular flexibility index (Phi) is 5.68. The maximum Gasteiger partial charge on any atom is 0.259 e. The number of ether oxygens (including phenoxy) is 1. The number of hydrogen-bond donors (Lipinski definition) is 2. The van der Waals surface area contributed by atoms with Gasteiger partial charge >= 0.3 is 0 Å². The largest absolute Gasteiger partial charge is 0.492 e. The van der Waals surface area contributed by atoms with Crippen LogP contribution in [0.15, 0.2) is 35.1 Å². The summed E-state index contributed by atoms with van der Waals surface area (Å²) < 4.78 is 5.52. The van der Waals surface area contributed by atoms with Crippen molar-refractivity contribution in [1.29, 1.82) is 0 Å². The first-order valence-corrected chi connectivity index (χ1v) is 9.29. The van der Waals surface area contributed by atoms with Crippen LogP contribution in [0.2, 0.25) is 0 Å². The first-order valence-electron chi connectivity index (χ1n) is 8.48. The average Bonchev–Trinajstić information content (AvgIpc) is 2.92. The van der Waals surface area contributed by atoms with Gasteiger partial charge in [0.25, 0.3) is 5.56 Å². The molecular formula is C19H21N3O3S. The van der Waals surface area contributed by atoms with E-state index in [0.717, 1.165) is 21.0 Å². The summed E-state index contributed by atoms with van der Waals surface area (Å²) in [6.45, 7) is 4.74. The minimum Gasteiger partial charge on any atom is -0.492 e. The standard InChI is InChI=1S/C19H21N3O3S/c1-12-13(2)26-19-17(12)18(24)21-15(22-19)8-9-16(23)20-10-11-25-14-6-4-3-5-7-14/h3-7H,8-11H2,1-2H3,(H,20,23)(H,21,22,24). The number of aryl methyl sites for hydroxylation is 3. The fourth-order valence-corrected chi connectivity index (χ4v) is 3.66. The summed E-state index contributed by atoms with van der Waals surface area (Å²) in [7, 11) is 0. The number of benzene rings is 1. The summed E-state index contributed by atoms with van der Waals surface area (Å²) in [5, 5.41) is 3.46. The van der Waals surface area contributed by atoms with E-state index in [0.29, 0.717) is 30.8 Å². The minimum atomic E-state index is -0.136. The zero-order valence-electron chi connectivity index (χ0n) is 14.8. The van der Waals surface area contributed by atoms with Crippen LogP contribution in [-0.4, -0.2) is 29.0 Å². The van der Waals surface area contributed by atoms with Gasteiger partial charge in [0.2, 0.25) is 5.91 Å². The van der Waals surface area contributed by atoms with Crippen LogP contribution in [0, 0.1) is 13.8 Å². The summed E-state index contributed by atoms with van der Waals surface area (Å²) in [6.07, 6.45) is 0.662. The van der Waals surface area contributed by atoms with Crippen LogP contribution in [0.25, 0.3) is 10.2 Å². The van der Waals surface area contributed by atoms with Gasteiger partial charge in [0.05, 0.1) is 11.9 Å². The average molecular weight is 371 g/mol. The molecule has 0 aliphatic heterocycles. The number of para-hydroxylation sites is 1. The highest BCUT2D eigenvalue weighted by Gasteiger charge is 2.12. The summed E-state index contributed by atoms with van der Waals surface area (Å²) in [6, 6.07) is 9.45. The number of nitrogens with zero attached hydrogens (tertiary/aromatic N) is 1. The van der Waals surface area contributed by atoms with Gasteiger partial charge in [0.15, 0.2) is 0 Å². The molecule has 0 saturated carbocycles. The van der Waals surface area contributed by atoms with Crippen molar-refractivity contribution in [3.8, 4) is 5.75 Å². The lowest BCUT2D eigenvalue weighted by atomic mass is 10.2. The number of thiophene rings is 1. The van der Waals surface area contributed by atoms with Gasteiger partial charge in [-0.2, -0.15) is 0 Å². The topological polar surface area (TPSA) is 84.1 Å². The summed E-state index contributed by atoms with van der Waals surface area (Å²) >= 11 is 1.51. The molecule has 3 rings (SSSR count). The van der Waals surface area contributed by atoms with Crippen molar-refractivity contribution in [3.63, 3.8) is 0 Å². The van der Waals surface area contributed by atoms with E-state index in [4.69, 9.17) is 4.74 Å². The molecule has 3 aromatic rings. The van der Waals surface area contributed by atoms with Gasteiger partial charge in [-0.05, 0) is 31.5 Å². The number of fused-ring (bicyclic) bond motifs is 1. The van der Waals surface area contributed by atoms with Crippen LogP contribution >= 0.6 is 11.3 Å². The Morgan fingerprint density at radius 2 is 2.04 bits per heavy atom. The second-order valence-electron chi connectivity index (χ2n) is 5.99. The minimum absolute atomic E-state index is 0.0945. The summed E-state index contributed by atoms with van der Waals surface area (Å²) in [5.74, 6) is 1.22. The second kappa shape index (κ2) is 8.14. The van der Waals surface area contributed by atoms with E-state index in [2.05, 4.69) is 15.3 Å². The van der Waals surface area contributed by atoms with E-state index in [9.17, 15) is 9.59 Å². The molecule has 0 radical (unpaired) electrons. The Labute approximate surface area is 155 Å². The lowest BCUT2D eigenvalue weighted by Gasteiger charge is -2.07. The van der Waals surface area contributed by atoms with Gasteiger partial charge in [0, 0.05) is 17.7 Å². The molecule has 0 fully saturated rings. The number of carbonyl (C=O) groups excluding carboxylic acids is 1. The van der Waals surface area contributed by atoms with Crippen molar-refractivity contribution in [1.82, 2.24) is 15.3 Å². The number of rotatable bonds is 7. The zero-order chi connectivity index (χ0) is 18.5. The fraction of sp³-hybridized carbons (Fsp3) is 0.316. The molecule has 2 aromatic heterocycles. The number of amides is 1. The number of aromatic nitrogens is 2. The van der Waals surface area contributed by atoms with Gasteiger partial charge in [0.1, 0.15) is 23.0 Å². The number of aromatic amines is 1. The third-order valence-corrected chi connectivity index (χ3v) is 5.21. The van der Waals surface area contributed by atoms with Crippen molar-refractivity contribution < 1.29 is 9.53 Å². The SMILES string of the molecule is Cc1sc2nc(CCC(=O)NCCOc3ccccc3)[nH]c(=O)c2c1C. The van der Waals surface area contributed by atoms with Crippen molar-refractivity contribution in [2.75, 3.05) is 13.2 Å². The van der Waals surface area contributed by atoms with E-state index in [1.54, 1.807) is 0 Å². The molecule has 26 heavy (non-hydrogen) atoms. The summed E-state index contributed by atoms with van der Waals surface area (Å²) in [4.78, 5) is 33.3. The van der Waals surface area contributed by atoms with Crippen LogP contribution in [0.4, 0.5) is 0 Å². The maximum atomic E-state index is 12.2. The highest BCUT2D eigenvalue weighted by molar-refractivity contribution is 7.18. The highest BCUT2D eigenvalue weighted by atomic mass is 32.1. The molecular weight excluding hydrogens is 350 g/mol. The van der Waals surface area contributed by atoms with Crippen LogP contribution in [0.5, 0.6) is 5.75 Å². The van der Waals surface area contributed by atoms with Gasteiger partial charge in [-0.25, -0.2) is 4.98 Å². The van der Waals surface area contributed by atoms with Gasteiger partial charge in [-0.1, -0.05) is 18.2 Å². The summed E-state index contributed by atoms with van der Waals surface area (Å²) in [5.41, 5.74) is 0.838. The third kappa shape index (κ3) is 4.29. The first-order chi connectivity index (χ1) is 12.5. The highest BCUT2D eigenvalue weighted by Crippen LogP contribution is 2.25. The lowest BCUT2D eigenvalue weighted by molar-refractivity contribution is -0.121. The number of hydrogen-bond acceptors (Lipinski definition) is 5. The second-order valence-corrected chi connectivity index (χ2v) is 7.19. The van der Waals surface area contributed by atoms with Crippen molar-refractivity contribution in [2.45, 2.75) is 26.7 Å². The van der Waals surface area contributed by atoms with Crippen molar-refractivity contribution in [2.24, 2.45) is 0 Å². The fourth-order valence-electron chi connectivity index (χ4n) is 2.61. The van der Waals surface area contributed by atoms with E-state index in [-0.39, 0.29) is 17.9 Å². The zero-order valence-corrected chi connectivity index (χ0v) is 15.6. The van der Waals surface area contributed by atoms with E-state index < -0.39 is 0 Å². The smallest absolute Gasteiger partial charge is 0.259 e. The number of nitrogens with one attached hydrogen (secondary N) is 2. The van der Waals surface area contributed by atoms with E-state index in [1.165, 1.54) is 11.3 Å². The van der Waals surface area contributed by atoms with Gasteiger partial charge in [-0.3, -0.25) is 9.59 Å². The number of H-pyrrole nitrogens is 1. The molecule has 0 saturated heterocycles. The molecule has 0 aliphatic rings. The number of carbonyl (C=O) groups is 1. The van der Waals surface area contributed by atoms with Crippen molar-refractivity contribution >= 4 is 27.5 Å². The van der Waals surface area contributed by atoms with Crippen LogP contribution in [0.1, 0.15) is 22.7 Å². The molecule has 0 atom stereocenters. The van der Waals surface area contributed by atoms with Gasteiger partial charge in [-0.15, -0.1) is 11.3 Å². The van der Waals surface area contributed by atoms with E-state index >= 15 is 0 Å². The predicted octanol–water partition coefficient (Wildman–Crippen LogP) is 2.73. The molecule has 0 bridgehead atoms. The Hall–Kier alpha value is -2.67. The monoisotopic (exact) mass is 371 g/mol. The van der Waals surface area contributed by atoms with Crippen LogP contribution < -0.4 is 15.6 Å². The normalized spacial score (nSPS) is 10.8. The molecule has 136 valence electrons. The lowest BCUT2D eigenvalue weighted by Crippen LogP contribution is -2.28. The Morgan fingerprint density at radius 1 is 1.27 bits per heavy atom. The Balaban J connectivity index is 1.48. The van der Waals surface area contributed by atoms with Crippen LogP contribution in [0.3, 0.4) is 0 Å². The Morgan fingerprint density at radius 3 is 2.81 bits per heavy atom. The molecule has 7 heteroatoms. The maximum absolute atomic E-state index is 12.2. The Bertz CT molecular complexity index is 963. The molecule has 2 N–H and O–H groups in total.